The Kier molecular flexibility index (Phi) is 46.0. The summed E-state index contributed by atoms with van der Waals surface area (Å²) in [6.07, 6.45) is 14.4. The van der Waals surface area contributed by atoms with Crippen LogP contribution in [0.4, 0.5) is 0 Å². The predicted octanol–water partition coefficient (Wildman–Crippen LogP) is -4.22. The van der Waals surface area contributed by atoms with E-state index in [2.05, 4.69) is 6.92 Å². The van der Waals surface area contributed by atoms with Crippen molar-refractivity contribution in [2.75, 3.05) is 0 Å². The summed E-state index contributed by atoms with van der Waals surface area (Å²) < 4.78 is 0. The fourth-order valence-corrected chi connectivity index (χ4v) is 1.94. The minimum atomic E-state index is -0.657. The first-order chi connectivity index (χ1) is 7.77. The molecule has 0 amide bonds. The SMILES string of the molecule is CCCCCCCCCCCCCC(=O)O.[Cl-].[Cl-].[Cl-].[Cr+3]. The third-order valence-electron chi connectivity index (χ3n) is 2.99. The largest absolute Gasteiger partial charge is 3.00 e. The molecule has 0 atom stereocenters. The number of aliphatic carboxylic acids is 1. The summed E-state index contributed by atoms with van der Waals surface area (Å²) in [4.78, 5) is 10.3. The average Bonchev–Trinajstić information content (AvgIpc) is 2.25. The van der Waals surface area contributed by atoms with E-state index in [4.69, 9.17) is 5.11 Å². The zero-order chi connectivity index (χ0) is 12.1. The minimum Gasteiger partial charge on any atom is -1.00 e. The number of hydrogen-bond donors (Lipinski definition) is 1. The number of carbonyl (C=O) groups is 1. The Morgan fingerprint density at radius 1 is 0.700 bits per heavy atom. The van der Waals surface area contributed by atoms with E-state index in [0.29, 0.717) is 6.42 Å². The summed E-state index contributed by atoms with van der Waals surface area (Å²) in [6.45, 7) is 2.25. The van der Waals surface area contributed by atoms with E-state index in [1.807, 2.05) is 0 Å². The fraction of sp³-hybridized carbons (Fsp3) is 0.929. The Balaban J connectivity index is -0.000000187. The molecule has 0 spiro atoms. The Morgan fingerprint density at radius 2 is 1.00 bits per heavy atom. The number of hydrogen-bond acceptors (Lipinski definition) is 1. The van der Waals surface area contributed by atoms with E-state index in [9.17, 15) is 4.79 Å². The van der Waals surface area contributed by atoms with Crippen LogP contribution in [0.25, 0.3) is 0 Å². The number of carboxylic acid groups (broad SMARTS) is 1. The summed E-state index contributed by atoms with van der Waals surface area (Å²) in [5.74, 6) is -0.657. The van der Waals surface area contributed by atoms with E-state index in [-0.39, 0.29) is 54.6 Å². The van der Waals surface area contributed by atoms with Crippen molar-refractivity contribution in [3.05, 3.63) is 0 Å². The van der Waals surface area contributed by atoms with Crippen molar-refractivity contribution in [3.8, 4) is 0 Å². The molecule has 1 radical (unpaired) electrons. The maximum atomic E-state index is 10.3. The number of rotatable bonds is 12. The monoisotopic (exact) mass is 385 g/mol. The second-order valence-corrected chi connectivity index (χ2v) is 4.68. The molecule has 2 nitrogen and oxygen atoms in total. The zero-order valence-corrected chi connectivity index (χ0v) is 15.9. The minimum absolute atomic E-state index is 0. The molecule has 0 aromatic carbocycles. The zero-order valence-electron chi connectivity index (χ0n) is 12.4. The summed E-state index contributed by atoms with van der Waals surface area (Å²) >= 11 is 0. The topological polar surface area (TPSA) is 37.3 Å². The molecule has 123 valence electrons. The number of unbranched alkanes of at least 4 members (excludes halogenated alkanes) is 10. The van der Waals surface area contributed by atoms with Crippen LogP contribution in [0, 0.1) is 0 Å². The molecule has 1 N–H and O–H groups in total. The van der Waals surface area contributed by atoms with Gasteiger partial charge in [0, 0.05) is 6.42 Å². The van der Waals surface area contributed by atoms with E-state index < -0.39 is 5.97 Å². The molecule has 0 aliphatic rings. The molecule has 0 heterocycles. The van der Waals surface area contributed by atoms with Gasteiger partial charge in [-0.05, 0) is 6.42 Å². The molecular formula is C14H28Cl3CrO2. The van der Waals surface area contributed by atoms with Crippen molar-refractivity contribution in [3.63, 3.8) is 0 Å². The molecule has 0 bridgehead atoms. The van der Waals surface area contributed by atoms with Gasteiger partial charge in [-0.2, -0.15) is 0 Å². The van der Waals surface area contributed by atoms with Gasteiger partial charge in [-0.25, -0.2) is 0 Å². The van der Waals surface area contributed by atoms with Gasteiger partial charge in [-0.1, -0.05) is 71.1 Å². The molecule has 0 fully saturated rings. The average molecular weight is 387 g/mol. The quantitative estimate of drug-likeness (QED) is 0.345. The van der Waals surface area contributed by atoms with Gasteiger partial charge in [0.25, 0.3) is 0 Å². The van der Waals surface area contributed by atoms with Crippen LogP contribution in [0.15, 0.2) is 0 Å². The summed E-state index contributed by atoms with van der Waals surface area (Å²) in [7, 11) is 0. The fourth-order valence-electron chi connectivity index (χ4n) is 1.94. The Bertz CT molecular complexity index is 172. The number of halogens is 3. The molecule has 0 aliphatic heterocycles. The summed E-state index contributed by atoms with van der Waals surface area (Å²) in [5, 5.41) is 8.46. The summed E-state index contributed by atoms with van der Waals surface area (Å²) in [5.41, 5.74) is 0. The van der Waals surface area contributed by atoms with Gasteiger partial charge in [0.1, 0.15) is 0 Å². The smallest absolute Gasteiger partial charge is 1.00 e. The van der Waals surface area contributed by atoms with Crippen LogP contribution < -0.4 is 37.2 Å². The van der Waals surface area contributed by atoms with Gasteiger partial charge < -0.3 is 42.3 Å². The second-order valence-electron chi connectivity index (χ2n) is 4.68. The molecule has 0 saturated heterocycles. The molecule has 20 heavy (non-hydrogen) atoms. The van der Waals surface area contributed by atoms with Crippen LogP contribution in [0.5, 0.6) is 0 Å². The van der Waals surface area contributed by atoms with Crippen molar-refractivity contribution < 1.29 is 64.5 Å². The van der Waals surface area contributed by atoms with Crippen molar-refractivity contribution >= 4 is 5.97 Å². The second kappa shape index (κ2) is 28.1. The summed E-state index contributed by atoms with van der Waals surface area (Å²) in [6, 6.07) is 0. The van der Waals surface area contributed by atoms with Gasteiger partial charge in [-0.15, -0.1) is 0 Å². The third kappa shape index (κ3) is 31.3. The van der Waals surface area contributed by atoms with Crippen LogP contribution in [-0.4, -0.2) is 11.1 Å². The van der Waals surface area contributed by atoms with Crippen LogP contribution in [0.3, 0.4) is 0 Å². The Morgan fingerprint density at radius 3 is 1.30 bits per heavy atom. The van der Waals surface area contributed by atoms with Crippen molar-refractivity contribution in [1.82, 2.24) is 0 Å². The van der Waals surface area contributed by atoms with Gasteiger partial charge in [0.05, 0.1) is 0 Å². The first-order valence-corrected chi connectivity index (χ1v) is 6.99. The van der Waals surface area contributed by atoms with Gasteiger partial charge in [0.2, 0.25) is 0 Å². The van der Waals surface area contributed by atoms with Crippen molar-refractivity contribution in [2.45, 2.75) is 84.0 Å². The Hall–Kier alpha value is 0.872. The van der Waals surface area contributed by atoms with Crippen LogP contribution in [0.1, 0.15) is 84.0 Å². The molecule has 0 rings (SSSR count). The standard InChI is InChI=1S/C14H28O2.3ClH.Cr/c1-2-3-4-5-6-7-8-9-10-11-12-13-14(15)16;;;;/h2-13H2,1H3,(H,15,16);3*1H;/q;;;;+3/p-3. The van der Waals surface area contributed by atoms with E-state index in [0.717, 1.165) is 12.8 Å². The number of carboxylic acids is 1. The molecule has 0 unspecified atom stereocenters. The predicted molar refractivity (Wildman–Crippen MR) is 68.7 cm³/mol. The van der Waals surface area contributed by atoms with Crippen LogP contribution in [0.2, 0.25) is 0 Å². The van der Waals surface area contributed by atoms with Gasteiger partial charge in [0.15, 0.2) is 0 Å². The normalized spacial score (nSPS) is 8.45. The van der Waals surface area contributed by atoms with E-state index >= 15 is 0 Å². The molecule has 0 aromatic heterocycles. The van der Waals surface area contributed by atoms with Crippen LogP contribution in [-0.2, 0) is 22.2 Å². The maximum absolute atomic E-state index is 10.3. The van der Waals surface area contributed by atoms with E-state index in [1.54, 1.807) is 0 Å². The van der Waals surface area contributed by atoms with E-state index in [1.165, 1.54) is 57.8 Å². The van der Waals surface area contributed by atoms with Gasteiger partial charge >= 0.3 is 23.3 Å². The third-order valence-corrected chi connectivity index (χ3v) is 2.99. The first kappa shape index (κ1) is 32.7. The maximum Gasteiger partial charge on any atom is 3.00 e. The van der Waals surface area contributed by atoms with Crippen molar-refractivity contribution in [2.24, 2.45) is 0 Å². The van der Waals surface area contributed by atoms with Crippen LogP contribution >= 0.6 is 0 Å². The molecule has 6 heteroatoms. The Labute approximate surface area is 154 Å². The molecular weight excluding hydrogens is 359 g/mol. The van der Waals surface area contributed by atoms with Gasteiger partial charge in [-0.3, -0.25) is 4.79 Å². The molecule has 0 aliphatic carbocycles. The molecule has 0 saturated carbocycles. The van der Waals surface area contributed by atoms with Crippen molar-refractivity contribution in [1.29, 1.82) is 0 Å². The molecule has 0 aromatic rings. The first-order valence-electron chi connectivity index (χ1n) is 6.99.